The molecule has 2 aromatic carbocycles. The van der Waals surface area contributed by atoms with Crippen LogP contribution in [0.5, 0.6) is 0 Å². The van der Waals surface area contributed by atoms with E-state index >= 15 is 0 Å². The zero-order valence-corrected chi connectivity index (χ0v) is 11.8. The maximum atomic E-state index is 4.12. The molecule has 2 rings (SSSR count). The van der Waals surface area contributed by atoms with Crippen LogP contribution in [0.4, 0.5) is 0 Å². The molecule has 100 valence electrons. The van der Waals surface area contributed by atoms with Gasteiger partial charge in [-0.1, -0.05) is 72.3 Å². The number of hydrogen-bond donors (Lipinski definition) is 0. The zero-order chi connectivity index (χ0) is 14.2. The summed E-state index contributed by atoms with van der Waals surface area (Å²) in [5.41, 5.74) is 4.51. The summed E-state index contributed by atoms with van der Waals surface area (Å²) in [5.74, 6) is 0. The van der Waals surface area contributed by atoms with Gasteiger partial charge in [-0.25, -0.2) is 0 Å². The minimum absolute atomic E-state index is 0.910. The van der Waals surface area contributed by atoms with Crippen molar-refractivity contribution in [3.05, 3.63) is 89.5 Å². The molecule has 0 saturated heterocycles. The summed E-state index contributed by atoms with van der Waals surface area (Å²) in [7, 11) is 0. The Morgan fingerprint density at radius 2 is 1.60 bits per heavy atom. The Labute approximate surface area is 121 Å². The topological polar surface area (TPSA) is 12.4 Å². The molecule has 0 spiro atoms. The van der Waals surface area contributed by atoms with Gasteiger partial charge in [-0.3, -0.25) is 4.99 Å². The number of nitrogens with zero attached hydrogens (tertiary/aromatic N) is 1. The van der Waals surface area contributed by atoms with Gasteiger partial charge in [-0.15, -0.1) is 0 Å². The van der Waals surface area contributed by atoms with Crippen molar-refractivity contribution in [2.24, 2.45) is 4.99 Å². The lowest BCUT2D eigenvalue weighted by atomic mass is 10.1. The highest BCUT2D eigenvalue weighted by molar-refractivity contribution is 5.70. The summed E-state index contributed by atoms with van der Waals surface area (Å²) < 4.78 is 0. The maximum Gasteiger partial charge on any atom is 0.0697 e. The monoisotopic (exact) mass is 261 g/mol. The SMILES string of the molecule is C=N/C(=C\C(C)=C/Cc1ccccc1)c1ccccc1. The van der Waals surface area contributed by atoms with Crippen LogP contribution in [0.25, 0.3) is 5.70 Å². The van der Waals surface area contributed by atoms with Crippen LogP contribution in [0.1, 0.15) is 18.1 Å². The minimum Gasteiger partial charge on any atom is -0.264 e. The van der Waals surface area contributed by atoms with Gasteiger partial charge in [0.1, 0.15) is 0 Å². The smallest absolute Gasteiger partial charge is 0.0697 e. The molecule has 0 bridgehead atoms. The predicted molar refractivity (Wildman–Crippen MR) is 87.9 cm³/mol. The van der Waals surface area contributed by atoms with Crippen LogP contribution < -0.4 is 0 Å². The highest BCUT2D eigenvalue weighted by Gasteiger charge is 1.97. The average Bonchev–Trinajstić information content (AvgIpc) is 2.52. The molecule has 0 atom stereocenters. The third kappa shape index (κ3) is 4.06. The van der Waals surface area contributed by atoms with E-state index in [4.69, 9.17) is 0 Å². The van der Waals surface area contributed by atoms with Crippen molar-refractivity contribution in [3.8, 4) is 0 Å². The quantitative estimate of drug-likeness (QED) is 0.535. The molecule has 2 aromatic rings. The van der Waals surface area contributed by atoms with Gasteiger partial charge in [0, 0.05) is 5.56 Å². The molecule has 0 aliphatic heterocycles. The van der Waals surface area contributed by atoms with E-state index in [1.807, 2.05) is 36.4 Å². The van der Waals surface area contributed by atoms with Crippen molar-refractivity contribution < 1.29 is 0 Å². The van der Waals surface area contributed by atoms with Crippen molar-refractivity contribution in [2.45, 2.75) is 13.3 Å². The van der Waals surface area contributed by atoms with Gasteiger partial charge in [-0.05, 0) is 31.7 Å². The first-order chi connectivity index (χ1) is 9.79. The number of aliphatic imine (C=N–C) groups is 1. The van der Waals surface area contributed by atoms with E-state index in [-0.39, 0.29) is 0 Å². The van der Waals surface area contributed by atoms with Gasteiger partial charge in [-0.2, -0.15) is 0 Å². The Bertz CT molecular complexity index is 607. The normalized spacial score (nSPS) is 12.2. The lowest BCUT2D eigenvalue weighted by molar-refractivity contribution is 1.24. The van der Waals surface area contributed by atoms with Crippen LogP contribution >= 0.6 is 0 Å². The van der Waals surface area contributed by atoms with Gasteiger partial charge in [0.2, 0.25) is 0 Å². The molecule has 0 fully saturated rings. The van der Waals surface area contributed by atoms with E-state index in [9.17, 15) is 0 Å². The Morgan fingerprint density at radius 1 is 1.00 bits per heavy atom. The van der Waals surface area contributed by atoms with Crippen LogP contribution in [-0.4, -0.2) is 6.72 Å². The first kappa shape index (κ1) is 14.0. The van der Waals surface area contributed by atoms with Crippen LogP contribution in [0, 0.1) is 0 Å². The average molecular weight is 261 g/mol. The van der Waals surface area contributed by atoms with Crippen LogP contribution in [0.2, 0.25) is 0 Å². The molecule has 0 N–H and O–H groups in total. The molecule has 0 amide bonds. The van der Waals surface area contributed by atoms with Gasteiger partial charge in [0.15, 0.2) is 0 Å². The van der Waals surface area contributed by atoms with E-state index in [2.05, 4.69) is 55.1 Å². The second-order valence-corrected chi connectivity index (χ2v) is 4.69. The summed E-state index contributed by atoms with van der Waals surface area (Å²) in [6.45, 7) is 5.76. The largest absolute Gasteiger partial charge is 0.264 e. The van der Waals surface area contributed by atoms with Gasteiger partial charge >= 0.3 is 0 Å². The maximum absolute atomic E-state index is 4.12. The van der Waals surface area contributed by atoms with Crippen molar-refractivity contribution in [1.29, 1.82) is 0 Å². The summed E-state index contributed by atoms with van der Waals surface area (Å²) >= 11 is 0. The number of rotatable bonds is 5. The third-order valence-corrected chi connectivity index (χ3v) is 3.11. The van der Waals surface area contributed by atoms with Crippen LogP contribution in [0.3, 0.4) is 0 Å². The summed E-state index contributed by atoms with van der Waals surface area (Å²) in [6, 6.07) is 20.6. The molecule has 0 heterocycles. The molecular weight excluding hydrogens is 242 g/mol. The first-order valence-corrected chi connectivity index (χ1v) is 6.74. The number of benzene rings is 2. The van der Waals surface area contributed by atoms with Crippen molar-refractivity contribution in [3.63, 3.8) is 0 Å². The van der Waals surface area contributed by atoms with Crippen molar-refractivity contribution >= 4 is 12.4 Å². The van der Waals surface area contributed by atoms with Crippen LogP contribution in [0.15, 0.2) is 83.4 Å². The van der Waals surface area contributed by atoms with E-state index < -0.39 is 0 Å². The van der Waals surface area contributed by atoms with Crippen LogP contribution in [-0.2, 0) is 6.42 Å². The van der Waals surface area contributed by atoms with Gasteiger partial charge in [0.05, 0.1) is 5.70 Å². The lowest BCUT2D eigenvalue weighted by Gasteiger charge is -2.02. The summed E-state index contributed by atoms with van der Waals surface area (Å²) in [4.78, 5) is 4.12. The lowest BCUT2D eigenvalue weighted by Crippen LogP contribution is -1.84. The van der Waals surface area contributed by atoms with E-state index in [0.717, 1.165) is 17.7 Å². The first-order valence-electron chi connectivity index (χ1n) is 6.74. The van der Waals surface area contributed by atoms with Gasteiger partial charge < -0.3 is 0 Å². The Kier molecular flexibility index (Phi) is 5.08. The minimum atomic E-state index is 0.910. The molecule has 0 aromatic heterocycles. The highest BCUT2D eigenvalue weighted by atomic mass is 14.7. The van der Waals surface area contributed by atoms with E-state index in [1.165, 1.54) is 11.1 Å². The molecule has 1 heteroatoms. The molecule has 1 nitrogen and oxygen atoms in total. The standard InChI is InChI=1S/C19H19N/c1-16(13-14-17-9-5-3-6-10-17)15-19(20-2)18-11-7-4-8-12-18/h3-13,15H,2,14H2,1H3/b16-13-,19-15-. The van der Waals surface area contributed by atoms with E-state index in [1.54, 1.807) is 0 Å². The molecule has 0 aliphatic rings. The summed E-state index contributed by atoms with van der Waals surface area (Å²) in [5, 5.41) is 0. The molecule has 0 saturated carbocycles. The fourth-order valence-electron chi connectivity index (χ4n) is 2.00. The Morgan fingerprint density at radius 3 is 2.20 bits per heavy atom. The van der Waals surface area contributed by atoms with Crippen molar-refractivity contribution in [2.75, 3.05) is 0 Å². The molecular formula is C19H19N. The third-order valence-electron chi connectivity index (χ3n) is 3.11. The Hall–Kier alpha value is -2.41. The number of hydrogen-bond acceptors (Lipinski definition) is 1. The fraction of sp³-hybridized carbons (Fsp3) is 0.105. The molecule has 0 unspecified atom stereocenters. The molecule has 0 aliphatic carbocycles. The second kappa shape index (κ2) is 7.25. The zero-order valence-electron chi connectivity index (χ0n) is 11.8. The Balaban J connectivity index is 2.13. The predicted octanol–water partition coefficient (Wildman–Crippen LogP) is 4.92. The van der Waals surface area contributed by atoms with Crippen molar-refractivity contribution in [1.82, 2.24) is 0 Å². The molecule has 20 heavy (non-hydrogen) atoms. The summed E-state index contributed by atoms with van der Waals surface area (Å²) in [6.07, 6.45) is 5.22. The fourth-order valence-corrected chi connectivity index (χ4v) is 2.00. The van der Waals surface area contributed by atoms with E-state index in [0.29, 0.717) is 0 Å². The highest BCUT2D eigenvalue weighted by Crippen LogP contribution is 2.17. The molecule has 0 radical (unpaired) electrons. The van der Waals surface area contributed by atoms with Gasteiger partial charge in [0.25, 0.3) is 0 Å². The second-order valence-electron chi connectivity index (χ2n) is 4.69. The number of allylic oxidation sites excluding steroid dienone is 3.